The normalized spacial score (nSPS) is 12.4. The van der Waals surface area contributed by atoms with E-state index >= 15 is 0 Å². The van der Waals surface area contributed by atoms with Crippen LogP contribution in [0, 0.1) is 0 Å². The van der Waals surface area contributed by atoms with Gasteiger partial charge in [-0.1, -0.05) is 6.07 Å². The van der Waals surface area contributed by atoms with E-state index in [0.29, 0.717) is 17.2 Å². The molecule has 0 aliphatic carbocycles. The molecule has 0 saturated heterocycles. The van der Waals surface area contributed by atoms with E-state index in [1.807, 2.05) is 32.0 Å². The summed E-state index contributed by atoms with van der Waals surface area (Å²) < 4.78 is 16.6. The topological polar surface area (TPSA) is 64.3 Å². The summed E-state index contributed by atoms with van der Waals surface area (Å²) in [5.41, 5.74) is 7.53. The smallest absolute Gasteiger partial charge is 0.144 e. The molecular formula is C13H22N2O2S. The Hall–Kier alpha value is -1.23. The van der Waals surface area contributed by atoms with E-state index in [2.05, 4.69) is 5.32 Å². The lowest BCUT2D eigenvalue weighted by Gasteiger charge is -2.15. The minimum atomic E-state index is -0.737. The molecule has 4 nitrogen and oxygen atoms in total. The average Bonchev–Trinajstić information content (AvgIpc) is 2.28. The fourth-order valence-electron chi connectivity index (χ4n) is 1.55. The van der Waals surface area contributed by atoms with E-state index < -0.39 is 10.8 Å². The van der Waals surface area contributed by atoms with Crippen LogP contribution in [0.15, 0.2) is 18.2 Å². The molecule has 5 heteroatoms. The van der Waals surface area contributed by atoms with Crippen molar-refractivity contribution < 1.29 is 8.95 Å². The van der Waals surface area contributed by atoms with E-state index in [1.165, 1.54) is 0 Å². The second kappa shape index (κ2) is 7.26. The van der Waals surface area contributed by atoms with Crippen LogP contribution in [-0.2, 0) is 10.8 Å². The number of para-hydroxylation sites is 1. The fraction of sp³-hybridized carbons (Fsp3) is 0.538. The first-order valence-electron chi connectivity index (χ1n) is 6.09. The molecule has 18 heavy (non-hydrogen) atoms. The molecule has 0 aromatic heterocycles. The number of nitrogen functional groups attached to an aromatic ring is 1. The molecule has 0 aliphatic rings. The second-order valence-electron chi connectivity index (χ2n) is 4.44. The molecule has 0 spiro atoms. The summed E-state index contributed by atoms with van der Waals surface area (Å²) in [7, 11) is -0.737. The zero-order chi connectivity index (χ0) is 13.5. The Labute approximate surface area is 111 Å². The summed E-state index contributed by atoms with van der Waals surface area (Å²) >= 11 is 0. The van der Waals surface area contributed by atoms with Crippen molar-refractivity contribution in [3.8, 4) is 5.75 Å². The molecule has 0 heterocycles. The summed E-state index contributed by atoms with van der Waals surface area (Å²) in [4.78, 5) is 0. The van der Waals surface area contributed by atoms with Gasteiger partial charge in [0, 0.05) is 29.4 Å². The van der Waals surface area contributed by atoms with Crippen LogP contribution >= 0.6 is 0 Å². The Bertz CT molecular complexity index is 408. The van der Waals surface area contributed by atoms with Crippen LogP contribution in [0.1, 0.15) is 20.3 Å². The molecule has 1 unspecified atom stereocenters. The highest BCUT2D eigenvalue weighted by molar-refractivity contribution is 7.84. The van der Waals surface area contributed by atoms with Gasteiger partial charge in [-0.25, -0.2) is 0 Å². The highest BCUT2D eigenvalue weighted by Gasteiger charge is 2.07. The monoisotopic (exact) mass is 270 g/mol. The van der Waals surface area contributed by atoms with Crippen LogP contribution in [0.4, 0.5) is 11.4 Å². The first kappa shape index (κ1) is 14.8. The van der Waals surface area contributed by atoms with Gasteiger partial charge in [0.05, 0.1) is 17.5 Å². The van der Waals surface area contributed by atoms with Crippen LogP contribution in [0.5, 0.6) is 5.75 Å². The molecule has 102 valence electrons. The number of anilines is 2. The van der Waals surface area contributed by atoms with E-state index in [4.69, 9.17) is 10.5 Å². The van der Waals surface area contributed by atoms with Crippen LogP contribution in [0.3, 0.4) is 0 Å². The van der Waals surface area contributed by atoms with Crippen molar-refractivity contribution >= 4 is 22.2 Å². The van der Waals surface area contributed by atoms with Crippen molar-refractivity contribution in [2.24, 2.45) is 0 Å². The van der Waals surface area contributed by atoms with Crippen LogP contribution in [0.2, 0.25) is 0 Å². The summed E-state index contributed by atoms with van der Waals surface area (Å²) in [5, 5.41) is 3.24. The molecule has 0 radical (unpaired) electrons. The van der Waals surface area contributed by atoms with Crippen molar-refractivity contribution in [1.29, 1.82) is 0 Å². The molecule has 1 aromatic carbocycles. The summed E-state index contributed by atoms with van der Waals surface area (Å²) in [6.07, 6.45) is 2.67. The maximum absolute atomic E-state index is 10.9. The molecule has 0 aliphatic heterocycles. The van der Waals surface area contributed by atoms with Gasteiger partial charge >= 0.3 is 0 Å². The zero-order valence-corrected chi connectivity index (χ0v) is 12.0. The SMILES string of the molecule is CC(C)Oc1cccc(NCCCS(C)=O)c1N. The molecule has 1 rings (SSSR count). The maximum Gasteiger partial charge on any atom is 0.144 e. The molecule has 0 fully saturated rings. The van der Waals surface area contributed by atoms with Crippen molar-refractivity contribution in [2.75, 3.05) is 29.6 Å². The molecule has 0 bridgehead atoms. The summed E-state index contributed by atoms with van der Waals surface area (Å²) in [5.74, 6) is 1.41. The fourth-order valence-corrected chi connectivity index (χ4v) is 2.10. The third kappa shape index (κ3) is 4.96. The van der Waals surface area contributed by atoms with Crippen molar-refractivity contribution in [2.45, 2.75) is 26.4 Å². The second-order valence-corrected chi connectivity index (χ2v) is 6.00. The largest absolute Gasteiger partial charge is 0.489 e. The first-order valence-corrected chi connectivity index (χ1v) is 7.82. The lowest BCUT2D eigenvalue weighted by Crippen LogP contribution is -2.10. The number of nitrogens with one attached hydrogen (secondary N) is 1. The van der Waals surface area contributed by atoms with Crippen molar-refractivity contribution in [1.82, 2.24) is 0 Å². The number of rotatable bonds is 7. The Kier molecular flexibility index (Phi) is 5.98. The van der Waals surface area contributed by atoms with Gasteiger partial charge in [-0.05, 0) is 32.4 Å². The summed E-state index contributed by atoms with van der Waals surface area (Å²) in [6, 6.07) is 5.70. The van der Waals surface area contributed by atoms with Crippen LogP contribution in [0.25, 0.3) is 0 Å². The van der Waals surface area contributed by atoms with Gasteiger partial charge in [-0.2, -0.15) is 0 Å². The molecule has 1 atom stereocenters. The lowest BCUT2D eigenvalue weighted by atomic mass is 10.2. The predicted octanol–water partition coefficient (Wildman–Crippen LogP) is 2.24. The molecule has 1 aromatic rings. The third-order valence-electron chi connectivity index (χ3n) is 2.35. The number of hydrogen-bond acceptors (Lipinski definition) is 4. The number of nitrogens with two attached hydrogens (primary N) is 1. The van der Waals surface area contributed by atoms with Crippen LogP contribution in [-0.4, -0.2) is 28.9 Å². The zero-order valence-electron chi connectivity index (χ0n) is 11.2. The molecule has 0 amide bonds. The van der Waals surface area contributed by atoms with Crippen molar-refractivity contribution in [3.05, 3.63) is 18.2 Å². The Balaban J connectivity index is 2.57. The quantitative estimate of drug-likeness (QED) is 0.589. The first-order chi connectivity index (χ1) is 8.50. The number of benzene rings is 1. The highest BCUT2D eigenvalue weighted by atomic mass is 32.2. The van der Waals surface area contributed by atoms with E-state index in [0.717, 1.165) is 18.7 Å². The Morgan fingerprint density at radius 2 is 2.17 bits per heavy atom. The van der Waals surface area contributed by atoms with E-state index in [-0.39, 0.29) is 6.10 Å². The molecular weight excluding hydrogens is 248 g/mol. The van der Waals surface area contributed by atoms with E-state index in [1.54, 1.807) is 6.26 Å². The highest BCUT2D eigenvalue weighted by Crippen LogP contribution is 2.29. The molecule has 3 N–H and O–H groups in total. The maximum atomic E-state index is 10.9. The number of hydrogen-bond donors (Lipinski definition) is 2. The average molecular weight is 270 g/mol. The lowest BCUT2D eigenvalue weighted by molar-refractivity contribution is 0.244. The standard InChI is InChI=1S/C13H22N2O2S/c1-10(2)17-12-7-4-6-11(13(12)14)15-8-5-9-18(3)16/h4,6-7,10,15H,5,8-9,14H2,1-3H3. The Morgan fingerprint density at radius 1 is 1.44 bits per heavy atom. The van der Waals surface area contributed by atoms with Gasteiger partial charge in [0.2, 0.25) is 0 Å². The predicted molar refractivity (Wildman–Crippen MR) is 78.7 cm³/mol. The van der Waals surface area contributed by atoms with Gasteiger partial charge in [0.25, 0.3) is 0 Å². The van der Waals surface area contributed by atoms with Crippen molar-refractivity contribution in [3.63, 3.8) is 0 Å². The van der Waals surface area contributed by atoms with E-state index in [9.17, 15) is 4.21 Å². The van der Waals surface area contributed by atoms with Crippen LogP contribution < -0.4 is 15.8 Å². The van der Waals surface area contributed by atoms with Gasteiger partial charge < -0.3 is 15.8 Å². The number of ether oxygens (including phenoxy) is 1. The van der Waals surface area contributed by atoms with Gasteiger partial charge in [0.1, 0.15) is 5.75 Å². The van der Waals surface area contributed by atoms with Gasteiger partial charge in [0.15, 0.2) is 0 Å². The van der Waals surface area contributed by atoms with Gasteiger partial charge in [-0.3, -0.25) is 4.21 Å². The minimum Gasteiger partial charge on any atom is -0.489 e. The third-order valence-corrected chi connectivity index (χ3v) is 3.22. The Morgan fingerprint density at radius 3 is 2.78 bits per heavy atom. The summed E-state index contributed by atoms with van der Waals surface area (Å²) in [6.45, 7) is 4.70. The molecule has 0 saturated carbocycles. The van der Waals surface area contributed by atoms with Gasteiger partial charge in [-0.15, -0.1) is 0 Å². The minimum absolute atomic E-state index is 0.102.